The SMILES string of the molecule is CC1CN(S(=O)(=O)NCC2CN(S(=O)(=O)c3ccc(F)cc3)c3cc(NC(=O)OC(C)(C)C(F)(F)F)ccc3O2)CC(C)O1. The van der Waals surface area contributed by atoms with Crippen molar-refractivity contribution in [1.29, 1.82) is 0 Å². The summed E-state index contributed by atoms with van der Waals surface area (Å²) in [7, 11) is -8.43. The highest BCUT2D eigenvalue weighted by Crippen LogP contribution is 2.39. The van der Waals surface area contributed by atoms with Gasteiger partial charge in [0.05, 0.1) is 35.9 Å². The van der Waals surface area contributed by atoms with Crippen LogP contribution in [-0.4, -0.2) is 83.5 Å². The maximum atomic E-state index is 13.7. The summed E-state index contributed by atoms with van der Waals surface area (Å²) in [4.78, 5) is 12.0. The van der Waals surface area contributed by atoms with E-state index in [4.69, 9.17) is 9.47 Å². The molecule has 3 unspecified atom stereocenters. The van der Waals surface area contributed by atoms with Crippen molar-refractivity contribution in [2.75, 3.05) is 35.8 Å². The summed E-state index contributed by atoms with van der Waals surface area (Å²) >= 11 is 0. The van der Waals surface area contributed by atoms with Crippen molar-refractivity contribution in [1.82, 2.24) is 9.03 Å². The van der Waals surface area contributed by atoms with Crippen LogP contribution in [-0.2, 0) is 29.7 Å². The van der Waals surface area contributed by atoms with Crippen molar-refractivity contribution in [2.45, 2.75) is 62.7 Å². The maximum Gasteiger partial charge on any atom is 0.427 e. The minimum atomic E-state index is -4.86. The summed E-state index contributed by atoms with van der Waals surface area (Å²) in [6.45, 7) is 4.26. The Morgan fingerprint density at radius 1 is 1.00 bits per heavy atom. The number of fused-ring (bicyclic) bond motifs is 1. The monoisotopic (exact) mass is 668 g/mol. The van der Waals surface area contributed by atoms with Gasteiger partial charge < -0.3 is 14.2 Å². The number of hydrogen-bond acceptors (Lipinski definition) is 8. The summed E-state index contributed by atoms with van der Waals surface area (Å²) in [5.41, 5.74) is -3.05. The molecule has 3 atom stereocenters. The molecule has 244 valence electrons. The van der Waals surface area contributed by atoms with Crippen LogP contribution in [0.1, 0.15) is 27.7 Å². The molecule has 0 aromatic heterocycles. The van der Waals surface area contributed by atoms with Crippen LogP contribution in [0.2, 0.25) is 0 Å². The number of anilines is 2. The van der Waals surface area contributed by atoms with E-state index >= 15 is 0 Å². The average molecular weight is 669 g/mol. The largest absolute Gasteiger partial charge is 0.485 e. The van der Waals surface area contributed by atoms with E-state index in [2.05, 4.69) is 14.8 Å². The molecule has 0 saturated carbocycles. The third-order valence-corrected chi connectivity index (χ3v) is 10.1. The molecule has 0 spiro atoms. The Morgan fingerprint density at radius 3 is 2.20 bits per heavy atom. The van der Waals surface area contributed by atoms with Gasteiger partial charge in [-0.2, -0.15) is 30.6 Å². The summed E-state index contributed by atoms with van der Waals surface area (Å²) in [5.74, 6) is -0.716. The fourth-order valence-electron chi connectivity index (χ4n) is 4.51. The fraction of sp³-hybridized carbons (Fsp3) is 0.500. The van der Waals surface area contributed by atoms with Crippen LogP contribution in [0.4, 0.5) is 33.7 Å². The number of carbonyl (C=O) groups is 1. The number of nitrogens with zero attached hydrogens (tertiary/aromatic N) is 2. The van der Waals surface area contributed by atoms with E-state index in [9.17, 15) is 39.2 Å². The van der Waals surface area contributed by atoms with Gasteiger partial charge in [0.2, 0.25) is 5.60 Å². The zero-order valence-electron chi connectivity index (χ0n) is 24.1. The second-order valence-corrected chi connectivity index (χ2v) is 14.5. The number of nitrogens with one attached hydrogen (secondary N) is 2. The summed E-state index contributed by atoms with van der Waals surface area (Å²) in [6, 6.07) is 7.62. The molecule has 2 aliphatic heterocycles. The molecule has 44 heavy (non-hydrogen) atoms. The van der Waals surface area contributed by atoms with Crippen molar-refractivity contribution >= 4 is 37.7 Å². The molecule has 2 aliphatic rings. The lowest BCUT2D eigenvalue weighted by atomic mass is 10.1. The molecule has 2 aromatic rings. The molecule has 4 rings (SSSR count). The molecule has 0 radical (unpaired) electrons. The smallest absolute Gasteiger partial charge is 0.427 e. The number of benzene rings is 2. The van der Waals surface area contributed by atoms with Crippen molar-refractivity contribution in [3.05, 3.63) is 48.3 Å². The third-order valence-electron chi connectivity index (χ3n) is 6.79. The average Bonchev–Trinajstić information content (AvgIpc) is 2.90. The molecule has 1 fully saturated rings. The Hall–Kier alpha value is -3.19. The van der Waals surface area contributed by atoms with Crippen LogP contribution in [0, 0.1) is 5.82 Å². The van der Waals surface area contributed by atoms with Crippen molar-refractivity contribution in [2.24, 2.45) is 0 Å². The number of halogens is 4. The molecule has 0 bridgehead atoms. The van der Waals surface area contributed by atoms with Crippen LogP contribution < -0.4 is 19.1 Å². The predicted molar refractivity (Wildman–Crippen MR) is 151 cm³/mol. The normalized spacial score (nSPS) is 21.7. The van der Waals surface area contributed by atoms with E-state index in [0.29, 0.717) is 13.8 Å². The number of ether oxygens (including phenoxy) is 3. The van der Waals surface area contributed by atoms with Gasteiger partial charge in [0.1, 0.15) is 17.7 Å². The number of alkyl halides is 3. The van der Waals surface area contributed by atoms with E-state index in [-0.39, 0.29) is 53.9 Å². The number of sulfonamides is 1. The van der Waals surface area contributed by atoms with E-state index in [0.717, 1.165) is 34.6 Å². The van der Waals surface area contributed by atoms with E-state index in [1.54, 1.807) is 13.8 Å². The Labute approximate surface area is 252 Å². The lowest BCUT2D eigenvalue weighted by Gasteiger charge is -2.37. The molecule has 1 saturated heterocycles. The Kier molecular flexibility index (Phi) is 9.42. The second kappa shape index (κ2) is 12.3. The maximum absolute atomic E-state index is 13.7. The lowest BCUT2D eigenvalue weighted by molar-refractivity contribution is -0.242. The van der Waals surface area contributed by atoms with Gasteiger partial charge in [0.15, 0.2) is 0 Å². The van der Waals surface area contributed by atoms with Crippen LogP contribution in [0.25, 0.3) is 0 Å². The third kappa shape index (κ3) is 7.53. The van der Waals surface area contributed by atoms with Gasteiger partial charge in [-0.1, -0.05) is 0 Å². The summed E-state index contributed by atoms with van der Waals surface area (Å²) in [5, 5.41) is 2.14. The summed E-state index contributed by atoms with van der Waals surface area (Å²) in [6.07, 6.45) is -8.04. The number of morpholine rings is 1. The first kappa shape index (κ1) is 33.7. The summed E-state index contributed by atoms with van der Waals surface area (Å²) < 4.78 is 127. The van der Waals surface area contributed by atoms with Crippen LogP contribution in [0.15, 0.2) is 47.4 Å². The number of rotatable bonds is 8. The Morgan fingerprint density at radius 2 is 1.61 bits per heavy atom. The fourth-order valence-corrected chi connectivity index (χ4v) is 7.40. The van der Waals surface area contributed by atoms with Gasteiger partial charge in [-0.25, -0.2) is 17.6 Å². The minimum Gasteiger partial charge on any atom is -0.485 e. The minimum absolute atomic E-state index is 0.0331. The van der Waals surface area contributed by atoms with Gasteiger partial charge in [-0.3, -0.25) is 9.62 Å². The van der Waals surface area contributed by atoms with Gasteiger partial charge in [0.25, 0.3) is 20.2 Å². The molecule has 18 heteroatoms. The molecular weight excluding hydrogens is 636 g/mol. The van der Waals surface area contributed by atoms with E-state index in [1.807, 2.05) is 0 Å². The van der Waals surface area contributed by atoms with E-state index in [1.165, 1.54) is 16.4 Å². The van der Waals surface area contributed by atoms with Crippen LogP contribution >= 0.6 is 0 Å². The molecular formula is C26H32F4N4O8S2. The molecule has 1 amide bonds. The molecule has 2 aromatic carbocycles. The zero-order chi connectivity index (χ0) is 32.7. The quantitative estimate of drug-likeness (QED) is 0.407. The van der Waals surface area contributed by atoms with Crippen molar-refractivity contribution < 1.29 is 53.4 Å². The van der Waals surface area contributed by atoms with Gasteiger partial charge in [-0.05, 0) is 70.2 Å². The highest BCUT2D eigenvalue weighted by atomic mass is 32.2. The first-order valence-corrected chi connectivity index (χ1v) is 16.2. The second-order valence-electron chi connectivity index (χ2n) is 10.9. The number of carbonyl (C=O) groups excluding carboxylic acids is 1. The molecule has 0 aliphatic carbocycles. The lowest BCUT2D eigenvalue weighted by Crippen LogP contribution is -2.54. The molecule has 2 heterocycles. The number of amides is 1. The highest BCUT2D eigenvalue weighted by Gasteiger charge is 2.51. The standard InChI is InChI=1S/C26H32F4N4O8S2/c1-16-13-33(14-17(2)40-16)44(38,39)31-12-20-15-34(43(36,37)21-8-5-18(27)6-9-21)22-11-19(7-10-23(22)41-20)32-24(35)42-25(3,4)26(28,29)30/h5-11,16-17,20,31H,12-15H2,1-4H3,(H,32,35). The van der Waals surface area contributed by atoms with Gasteiger partial charge in [-0.15, -0.1) is 0 Å². The van der Waals surface area contributed by atoms with E-state index < -0.39 is 56.6 Å². The van der Waals surface area contributed by atoms with Gasteiger partial charge in [0, 0.05) is 18.8 Å². The predicted octanol–water partition coefficient (Wildman–Crippen LogP) is 3.62. The van der Waals surface area contributed by atoms with Crippen LogP contribution in [0.5, 0.6) is 5.75 Å². The van der Waals surface area contributed by atoms with Gasteiger partial charge >= 0.3 is 12.3 Å². The highest BCUT2D eigenvalue weighted by molar-refractivity contribution is 7.92. The Bertz CT molecular complexity index is 1580. The first-order valence-electron chi connectivity index (χ1n) is 13.3. The van der Waals surface area contributed by atoms with Crippen molar-refractivity contribution in [3.8, 4) is 5.75 Å². The Balaban J connectivity index is 1.61. The molecule has 12 nitrogen and oxygen atoms in total. The van der Waals surface area contributed by atoms with Crippen LogP contribution in [0.3, 0.4) is 0 Å². The molecule has 2 N–H and O–H groups in total. The first-order chi connectivity index (χ1) is 20.3. The number of hydrogen-bond donors (Lipinski definition) is 2. The zero-order valence-corrected chi connectivity index (χ0v) is 25.7. The topological polar surface area (TPSA) is 144 Å². The van der Waals surface area contributed by atoms with Crippen molar-refractivity contribution in [3.63, 3.8) is 0 Å².